The minimum atomic E-state index is 0.245. The molecule has 0 saturated heterocycles. The smallest absolute Gasteiger partial charge is 0.162 e. The summed E-state index contributed by atoms with van der Waals surface area (Å²) in [5.41, 5.74) is 12.3. The Balaban J connectivity index is 2.22. The lowest BCUT2D eigenvalue weighted by atomic mass is 9.99. The van der Waals surface area contributed by atoms with E-state index in [1.165, 1.54) is 0 Å². The maximum Gasteiger partial charge on any atom is 0.162 e. The van der Waals surface area contributed by atoms with Gasteiger partial charge in [-0.3, -0.25) is 0 Å². The molecule has 0 saturated carbocycles. The lowest BCUT2D eigenvalue weighted by molar-refractivity contribution is 0.171. The van der Waals surface area contributed by atoms with Crippen molar-refractivity contribution in [3.63, 3.8) is 0 Å². The standard InChI is InChI=1S/C12H17ClN2O2/c13-10-5-12-11(16-1-2-17-12)4-9(10)3-8(6-14)7-15/h4-5,8H,1-3,6-7,14-15H2. The molecule has 0 aliphatic carbocycles. The number of hydrogen-bond donors (Lipinski definition) is 2. The molecule has 0 bridgehead atoms. The molecule has 1 aliphatic heterocycles. The molecule has 1 aliphatic rings. The summed E-state index contributed by atoms with van der Waals surface area (Å²) in [5, 5.41) is 0.682. The number of hydrogen-bond acceptors (Lipinski definition) is 4. The van der Waals surface area contributed by atoms with Crippen LogP contribution in [0.1, 0.15) is 5.56 Å². The zero-order valence-corrected chi connectivity index (χ0v) is 10.4. The summed E-state index contributed by atoms with van der Waals surface area (Å²) in [6.07, 6.45) is 0.766. The van der Waals surface area contributed by atoms with Crippen molar-refractivity contribution in [3.05, 3.63) is 22.7 Å². The van der Waals surface area contributed by atoms with Crippen molar-refractivity contribution in [2.45, 2.75) is 6.42 Å². The summed E-state index contributed by atoms with van der Waals surface area (Å²) in [6, 6.07) is 3.73. The maximum atomic E-state index is 6.20. The zero-order valence-electron chi connectivity index (χ0n) is 9.62. The highest BCUT2D eigenvalue weighted by molar-refractivity contribution is 6.31. The number of nitrogens with two attached hydrogens (primary N) is 2. The normalized spacial score (nSPS) is 14.1. The molecular weight excluding hydrogens is 240 g/mol. The Hall–Kier alpha value is -0.970. The second kappa shape index (κ2) is 5.58. The first-order valence-corrected chi connectivity index (χ1v) is 6.10. The van der Waals surface area contributed by atoms with Crippen LogP contribution in [0.5, 0.6) is 11.5 Å². The van der Waals surface area contributed by atoms with Crippen molar-refractivity contribution in [3.8, 4) is 11.5 Å². The van der Waals surface area contributed by atoms with Crippen molar-refractivity contribution in [1.82, 2.24) is 0 Å². The summed E-state index contributed by atoms with van der Waals surface area (Å²) >= 11 is 6.20. The Morgan fingerprint density at radius 1 is 1.12 bits per heavy atom. The largest absolute Gasteiger partial charge is 0.486 e. The lowest BCUT2D eigenvalue weighted by Gasteiger charge is -2.21. The minimum absolute atomic E-state index is 0.245. The molecule has 4 nitrogen and oxygen atoms in total. The molecule has 0 unspecified atom stereocenters. The highest BCUT2D eigenvalue weighted by Gasteiger charge is 2.16. The van der Waals surface area contributed by atoms with Gasteiger partial charge < -0.3 is 20.9 Å². The summed E-state index contributed by atoms with van der Waals surface area (Å²) in [7, 11) is 0. The van der Waals surface area contributed by atoms with E-state index in [0.29, 0.717) is 37.1 Å². The average molecular weight is 257 g/mol. The third-order valence-corrected chi connectivity index (χ3v) is 3.24. The molecule has 17 heavy (non-hydrogen) atoms. The summed E-state index contributed by atoms with van der Waals surface area (Å²) in [5.74, 6) is 1.71. The van der Waals surface area contributed by atoms with Crippen LogP contribution in [0.4, 0.5) is 0 Å². The third kappa shape index (κ3) is 2.83. The highest BCUT2D eigenvalue weighted by atomic mass is 35.5. The molecular formula is C12H17ClN2O2. The van der Waals surface area contributed by atoms with Crippen LogP contribution in [0.25, 0.3) is 0 Å². The van der Waals surface area contributed by atoms with Crippen LogP contribution in [0.3, 0.4) is 0 Å². The van der Waals surface area contributed by atoms with E-state index >= 15 is 0 Å². The number of fused-ring (bicyclic) bond motifs is 1. The molecule has 1 heterocycles. The molecule has 94 valence electrons. The van der Waals surface area contributed by atoms with Crippen molar-refractivity contribution in [2.24, 2.45) is 17.4 Å². The first-order valence-electron chi connectivity index (χ1n) is 5.72. The molecule has 0 spiro atoms. The van der Waals surface area contributed by atoms with Crippen LogP contribution in [0.15, 0.2) is 12.1 Å². The summed E-state index contributed by atoms with van der Waals surface area (Å²) in [6.45, 7) is 2.25. The fourth-order valence-electron chi connectivity index (χ4n) is 1.84. The van der Waals surface area contributed by atoms with E-state index in [0.717, 1.165) is 17.7 Å². The lowest BCUT2D eigenvalue weighted by Crippen LogP contribution is -2.25. The summed E-state index contributed by atoms with van der Waals surface area (Å²) < 4.78 is 11.0. The van der Waals surface area contributed by atoms with Crippen LogP contribution in [0, 0.1) is 5.92 Å². The monoisotopic (exact) mass is 256 g/mol. The molecule has 1 aromatic rings. The fraction of sp³-hybridized carbons (Fsp3) is 0.500. The molecule has 0 atom stereocenters. The van der Waals surface area contributed by atoms with Crippen molar-refractivity contribution < 1.29 is 9.47 Å². The highest BCUT2D eigenvalue weighted by Crippen LogP contribution is 2.36. The predicted molar refractivity (Wildman–Crippen MR) is 67.7 cm³/mol. The molecule has 1 aromatic carbocycles. The van der Waals surface area contributed by atoms with E-state index < -0.39 is 0 Å². The number of halogens is 1. The first kappa shape index (κ1) is 12.5. The van der Waals surface area contributed by atoms with Gasteiger partial charge in [-0.1, -0.05) is 11.6 Å². The van der Waals surface area contributed by atoms with Gasteiger partial charge in [-0.2, -0.15) is 0 Å². The number of rotatable bonds is 4. The summed E-state index contributed by atoms with van der Waals surface area (Å²) in [4.78, 5) is 0. The van der Waals surface area contributed by atoms with Gasteiger partial charge >= 0.3 is 0 Å². The molecule has 2 rings (SSSR count). The van der Waals surface area contributed by atoms with E-state index in [-0.39, 0.29) is 5.92 Å². The second-order valence-corrected chi connectivity index (χ2v) is 4.54. The van der Waals surface area contributed by atoms with E-state index in [1.54, 1.807) is 6.07 Å². The average Bonchev–Trinajstić information content (AvgIpc) is 2.36. The molecule has 0 radical (unpaired) electrons. The van der Waals surface area contributed by atoms with E-state index in [9.17, 15) is 0 Å². The van der Waals surface area contributed by atoms with Gasteiger partial charge in [0.05, 0.1) is 0 Å². The quantitative estimate of drug-likeness (QED) is 0.849. The maximum absolute atomic E-state index is 6.20. The van der Waals surface area contributed by atoms with Gasteiger partial charge in [0.25, 0.3) is 0 Å². The van der Waals surface area contributed by atoms with Crippen LogP contribution in [0.2, 0.25) is 5.02 Å². The van der Waals surface area contributed by atoms with E-state index in [2.05, 4.69) is 0 Å². The van der Waals surface area contributed by atoms with E-state index in [1.807, 2.05) is 6.07 Å². The Labute approximate surface area is 106 Å². The van der Waals surface area contributed by atoms with Crippen molar-refractivity contribution >= 4 is 11.6 Å². The second-order valence-electron chi connectivity index (χ2n) is 4.13. The number of ether oxygens (including phenoxy) is 2. The van der Waals surface area contributed by atoms with Gasteiger partial charge in [0.15, 0.2) is 11.5 Å². The molecule has 5 heteroatoms. The fourth-order valence-corrected chi connectivity index (χ4v) is 2.07. The molecule has 0 aromatic heterocycles. The van der Waals surface area contributed by atoms with E-state index in [4.69, 9.17) is 32.5 Å². The Bertz CT molecular complexity index is 394. The van der Waals surface area contributed by atoms with Crippen molar-refractivity contribution in [2.75, 3.05) is 26.3 Å². The Kier molecular flexibility index (Phi) is 4.10. The van der Waals surface area contributed by atoms with Crippen LogP contribution >= 0.6 is 11.6 Å². The predicted octanol–water partition coefficient (Wildman–Crippen LogP) is 1.19. The Morgan fingerprint density at radius 3 is 2.29 bits per heavy atom. The minimum Gasteiger partial charge on any atom is -0.486 e. The SMILES string of the molecule is NCC(CN)Cc1cc2c(cc1Cl)OCCO2. The van der Waals surface area contributed by atoms with Gasteiger partial charge in [0, 0.05) is 11.1 Å². The van der Waals surface area contributed by atoms with Crippen LogP contribution in [-0.4, -0.2) is 26.3 Å². The van der Waals surface area contributed by atoms with Crippen LogP contribution in [-0.2, 0) is 6.42 Å². The molecule has 0 amide bonds. The third-order valence-electron chi connectivity index (χ3n) is 2.89. The zero-order chi connectivity index (χ0) is 12.3. The van der Waals surface area contributed by atoms with Gasteiger partial charge in [0.1, 0.15) is 13.2 Å². The molecule has 0 fully saturated rings. The topological polar surface area (TPSA) is 70.5 Å². The number of benzene rings is 1. The van der Waals surface area contributed by atoms with Gasteiger partial charge in [-0.15, -0.1) is 0 Å². The van der Waals surface area contributed by atoms with Gasteiger partial charge in [-0.05, 0) is 37.1 Å². The Morgan fingerprint density at radius 2 is 1.71 bits per heavy atom. The van der Waals surface area contributed by atoms with Crippen LogP contribution < -0.4 is 20.9 Å². The first-order chi connectivity index (χ1) is 8.24. The van der Waals surface area contributed by atoms with Crippen molar-refractivity contribution in [1.29, 1.82) is 0 Å². The van der Waals surface area contributed by atoms with Gasteiger partial charge in [0.2, 0.25) is 0 Å². The molecule has 4 N–H and O–H groups in total. The van der Waals surface area contributed by atoms with Gasteiger partial charge in [-0.25, -0.2) is 0 Å².